The maximum atomic E-state index is 12.9. The molecule has 1 rings (SSSR count). The molecular formula is C18H27FN2O4. The first-order chi connectivity index (χ1) is 11.5. The topological polar surface area (TPSA) is 87.7 Å². The maximum Gasteiger partial charge on any atom is 0.408 e. The number of halogens is 1. The van der Waals surface area contributed by atoms with E-state index in [9.17, 15) is 19.1 Å². The van der Waals surface area contributed by atoms with E-state index in [1.807, 2.05) is 0 Å². The molecule has 25 heavy (non-hydrogen) atoms. The molecule has 0 aliphatic heterocycles. The van der Waals surface area contributed by atoms with Gasteiger partial charge in [-0.2, -0.15) is 0 Å². The standard InChI is InChI=1S/C18H27FN2O4/c1-11(2)15(21-17(24)25-18(3,4)5)16(23)20-10-14(22)12-6-8-13(19)9-7-12/h6-9,11,14-15,22H,10H2,1-5H3,(H,20,23)(H,21,24). The van der Waals surface area contributed by atoms with Crippen LogP contribution in [-0.4, -0.2) is 35.3 Å². The summed E-state index contributed by atoms with van der Waals surface area (Å²) in [7, 11) is 0. The number of hydrogen-bond acceptors (Lipinski definition) is 4. The summed E-state index contributed by atoms with van der Waals surface area (Å²) in [5.41, 5.74) is -0.177. The van der Waals surface area contributed by atoms with Crippen LogP contribution >= 0.6 is 0 Å². The predicted octanol–water partition coefficient (Wildman–Crippen LogP) is 2.52. The summed E-state index contributed by atoms with van der Waals surface area (Å²) < 4.78 is 18.1. The molecule has 0 aromatic heterocycles. The quantitative estimate of drug-likeness (QED) is 0.732. The SMILES string of the molecule is CC(C)C(NC(=O)OC(C)(C)C)C(=O)NCC(O)c1ccc(F)cc1. The minimum absolute atomic E-state index is 0.0519. The van der Waals surface area contributed by atoms with Gasteiger partial charge in [0.2, 0.25) is 5.91 Å². The second kappa shape index (κ2) is 8.80. The minimum atomic E-state index is -0.973. The molecule has 0 saturated heterocycles. The van der Waals surface area contributed by atoms with E-state index < -0.39 is 35.6 Å². The van der Waals surface area contributed by atoms with Gasteiger partial charge in [0, 0.05) is 6.54 Å². The highest BCUT2D eigenvalue weighted by molar-refractivity contribution is 5.85. The van der Waals surface area contributed by atoms with Crippen LogP contribution in [0.3, 0.4) is 0 Å². The monoisotopic (exact) mass is 354 g/mol. The van der Waals surface area contributed by atoms with Crippen molar-refractivity contribution in [1.29, 1.82) is 0 Å². The van der Waals surface area contributed by atoms with Crippen molar-refractivity contribution in [1.82, 2.24) is 10.6 Å². The number of benzene rings is 1. The number of aliphatic hydroxyl groups is 1. The summed E-state index contributed by atoms with van der Waals surface area (Å²) in [6.45, 7) is 8.72. The van der Waals surface area contributed by atoms with E-state index in [0.29, 0.717) is 5.56 Å². The van der Waals surface area contributed by atoms with Gasteiger partial charge in [0.05, 0.1) is 6.10 Å². The van der Waals surface area contributed by atoms with Gasteiger partial charge in [0.15, 0.2) is 0 Å². The molecule has 2 amide bonds. The third kappa shape index (κ3) is 7.51. The molecule has 1 aromatic rings. The fraction of sp³-hybridized carbons (Fsp3) is 0.556. The first-order valence-electron chi connectivity index (χ1n) is 8.20. The number of ether oxygens (including phenoxy) is 1. The highest BCUT2D eigenvalue weighted by Gasteiger charge is 2.27. The average molecular weight is 354 g/mol. The van der Waals surface area contributed by atoms with Crippen LogP contribution in [0.5, 0.6) is 0 Å². The van der Waals surface area contributed by atoms with Crippen LogP contribution in [0.2, 0.25) is 0 Å². The van der Waals surface area contributed by atoms with Crippen molar-refractivity contribution < 1.29 is 23.8 Å². The van der Waals surface area contributed by atoms with Crippen LogP contribution in [0.25, 0.3) is 0 Å². The van der Waals surface area contributed by atoms with Crippen LogP contribution in [0, 0.1) is 11.7 Å². The number of carbonyl (C=O) groups is 2. The van der Waals surface area contributed by atoms with E-state index in [0.717, 1.165) is 0 Å². The Bertz CT molecular complexity index is 582. The third-order valence-corrected chi connectivity index (χ3v) is 3.35. The van der Waals surface area contributed by atoms with E-state index in [1.165, 1.54) is 24.3 Å². The molecule has 0 heterocycles. The first kappa shape index (κ1) is 20.9. The van der Waals surface area contributed by atoms with Gasteiger partial charge in [0.1, 0.15) is 17.5 Å². The Kier molecular flexibility index (Phi) is 7.36. The van der Waals surface area contributed by atoms with Gasteiger partial charge in [-0.05, 0) is 44.4 Å². The molecular weight excluding hydrogens is 327 g/mol. The molecule has 7 heteroatoms. The highest BCUT2D eigenvalue weighted by Crippen LogP contribution is 2.13. The van der Waals surface area contributed by atoms with Crippen LogP contribution in [-0.2, 0) is 9.53 Å². The summed E-state index contributed by atoms with van der Waals surface area (Å²) in [6.07, 6.45) is -1.65. The van der Waals surface area contributed by atoms with E-state index in [1.54, 1.807) is 34.6 Å². The Morgan fingerprint density at radius 2 is 1.76 bits per heavy atom. The lowest BCUT2D eigenvalue weighted by Crippen LogP contribution is -2.51. The van der Waals surface area contributed by atoms with E-state index in [2.05, 4.69) is 10.6 Å². The molecule has 0 saturated carbocycles. The van der Waals surface area contributed by atoms with Crippen molar-refractivity contribution in [3.05, 3.63) is 35.6 Å². The van der Waals surface area contributed by atoms with Crippen LogP contribution in [0.4, 0.5) is 9.18 Å². The molecule has 2 unspecified atom stereocenters. The average Bonchev–Trinajstić information content (AvgIpc) is 2.48. The predicted molar refractivity (Wildman–Crippen MR) is 92.4 cm³/mol. The number of hydrogen-bond donors (Lipinski definition) is 3. The lowest BCUT2D eigenvalue weighted by Gasteiger charge is -2.25. The Labute approximate surface area is 147 Å². The summed E-state index contributed by atoms with van der Waals surface area (Å²) in [4.78, 5) is 24.2. The van der Waals surface area contributed by atoms with Crippen LogP contribution < -0.4 is 10.6 Å². The normalized spacial score (nSPS) is 13.9. The molecule has 140 valence electrons. The Morgan fingerprint density at radius 3 is 2.24 bits per heavy atom. The van der Waals surface area contributed by atoms with Gasteiger partial charge in [0.25, 0.3) is 0 Å². The van der Waals surface area contributed by atoms with Gasteiger partial charge >= 0.3 is 6.09 Å². The lowest BCUT2D eigenvalue weighted by molar-refractivity contribution is -0.124. The summed E-state index contributed by atoms with van der Waals surface area (Å²) in [5, 5.41) is 15.2. The smallest absolute Gasteiger partial charge is 0.408 e. The Morgan fingerprint density at radius 1 is 1.20 bits per heavy atom. The zero-order valence-electron chi connectivity index (χ0n) is 15.3. The van der Waals surface area contributed by atoms with Crippen molar-refractivity contribution >= 4 is 12.0 Å². The molecule has 0 radical (unpaired) electrons. The van der Waals surface area contributed by atoms with Crippen molar-refractivity contribution in [2.24, 2.45) is 5.92 Å². The molecule has 0 fully saturated rings. The summed E-state index contributed by atoms with van der Waals surface area (Å²) in [5.74, 6) is -1.00. The molecule has 0 aliphatic rings. The fourth-order valence-corrected chi connectivity index (χ4v) is 2.08. The number of alkyl carbamates (subject to hydrolysis) is 1. The molecule has 3 N–H and O–H groups in total. The lowest BCUT2D eigenvalue weighted by atomic mass is 10.0. The second-order valence-corrected chi connectivity index (χ2v) is 7.18. The molecule has 6 nitrogen and oxygen atoms in total. The summed E-state index contributed by atoms with van der Waals surface area (Å²) in [6, 6.07) is 4.58. The van der Waals surface area contributed by atoms with E-state index >= 15 is 0 Å². The molecule has 0 bridgehead atoms. The van der Waals surface area contributed by atoms with E-state index in [-0.39, 0.29) is 12.5 Å². The molecule has 1 aromatic carbocycles. The number of carbonyl (C=O) groups excluding carboxylic acids is 2. The van der Waals surface area contributed by atoms with Crippen LogP contribution in [0.1, 0.15) is 46.3 Å². The Hall–Kier alpha value is -2.15. The molecule has 2 atom stereocenters. The van der Waals surface area contributed by atoms with Gasteiger partial charge < -0.3 is 20.5 Å². The number of nitrogens with one attached hydrogen (secondary N) is 2. The molecule has 0 aliphatic carbocycles. The first-order valence-corrected chi connectivity index (χ1v) is 8.20. The van der Waals surface area contributed by atoms with Gasteiger partial charge in [-0.25, -0.2) is 9.18 Å². The van der Waals surface area contributed by atoms with Crippen molar-refractivity contribution in [3.8, 4) is 0 Å². The zero-order chi connectivity index (χ0) is 19.2. The number of rotatable bonds is 6. The number of aliphatic hydroxyl groups excluding tert-OH is 1. The van der Waals surface area contributed by atoms with Crippen LogP contribution in [0.15, 0.2) is 24.3 Å². The summed E-state index contributed by atoms with van der Waals surface area (Å²) >= 11 is 0. The molecule has 0 spiro atoms. The minimum Gasteiger partial charge on any atom is -0.444 e. The fourth-order valence-electron chi connectivity index (χ4n) is 2.08. The highest BCUT2D eigenvalue weighted by atomic mass is 19.1. The van der Waals surface area contributed by atoms with E-state index in [4.69, 9.17) is 4.74 Å². The zero-order valence-corrected chi connectivity index (χ0v) is 15.3. The largest absolute Gasteiger partial charge is 0.444 e. The van der Waals surface area contributed by atoms with Crippen molar-refractivity contribution in [2.45, 2.75) is 52.4 Å². The Balaban J connectivity index is 2.61. The number of amides is 2. The van der Waals surface area contributed by atoms with Gasteiger partial charge in [-0.3, -0.25) is 4.79 Å². The van der Waals surface area contributed by atoms with Gasteiger partial charge in [-0.1, -0.05) is 26.0 Å². The van der Waals surface area contributed by atoms with Crippen molar-refractivity contribution in [2.75, 3.05) is 6.54 Å². The second-order valence-electron chi connectivity index (χ2n) is 7.18. The van der Waals surface area contributed by atoms with Gasteiger partial charge in [-0.15, -0.1) is 0 Å². The van der Waals surface area contributed by atoms with Crippen molar-refractivity contribution in [3.63, 3.8) is 0 Å². The third-order valence-electron chi connectivity index (χ3n) is 3.35. The maximum absolute atomic E-state index is 12.9.